The number of hydrogen-bond donors (Lipinski definition) is 1. The van der Waals surface area contributed by atoms with Crippen LogP contribution < -0.4 is 10.6 Å². The Balaban J connectivity index is 2.27. The van der Waals surface area contributed by atoms with E-state index in [1.54, 1.807) is 23.1 Å². The van der Waals surface area contributed by atoms with Gasteiger partial charge in [-0.25, -0.2) is 4.79 Å². The molecule has 4 nitrogen and oxygen atoms in total. The first-order valence-corrected chi connectivity index (χ1v) is 5.38. The fourth-order valence-corrected chi connectivity index (χ4v) is 1.83. The minimum Gasteiger partial charge on any atom is -0.440 e. The second kappa shape index (κ2) is 3.96. The Morgan fingerprint density at radius 2 is 2.38 bits per heavy atom. The zero-order chi connectivity index (χ0) is 11.8. The number of nitrogens with zero attached hydrogens (tertiary/aromatic N) is 1. The van der Waals surface area contributed by atoms with Gasteiger partial charge in [-0.15, -0.1) is 0 Å². The Morgan fingerprint density at radius 1 is 1.62 bits per heavy atom. The van der Waals surface area contributed by atoms with Gasteiger partial charge in [-0.1, -0.05) is 17.7 Å². The monoisotopic (exact) mass is 240 g/mol. The van der Waals surface area contributed by atoms with Crippen LogP contribution in [0.3, 0.4) is 0 Å². The summed E-state index contributed by atoms with van der Waals surface area (Å²) in [4.78, 5) is 13.2. The molecule has 1 aliphatic rings. The number of nitrogens with two attached hydrogens (primary N) is 1. The Kier molecular flexibility index (Phi) is 2.78. The van der Waals surface area contributed by atoms with Gasteiger partial charge in [-0.2, -0.15) is 0 Å². The number of ether oxygens (including phenoxy) is 1. The van der Waals surface area contributed by atoms with Crippen molar-refractivity contribution in [2.45, 2.75) is 12.5 Å². The summed E-state index contributed by atoms with van der Waals surface area (Å²) in [5.41, 5.74) is 5.69. The molecule has 0 spiro atoms. The Bertz CT molecular complexity index is 424. The first-order chi connectivity index (χ1) is 7.54. The Morgan fingerprint density at radius 3 is 2.94 bits per heavy atom. The molecule has 1 aromatic carbocycles. The first-order valence-electron chi connectivity index (χ1n) is 5.00. The summed E-state index contributed by atoms with van der Waals surface area (Å²) in [5.74, 6) is 0. The van der Waals surface area contributed by atoms with E-state index >= 15 is 0 Å². The van der Waals surface area contributed by atoms with Crippen molar-refractivity contribution in [2.24, 2.45) is 5.73 Å². The van der Waals surface area contributed by atoms with Crippen LogP contribution in [0.2, 0.25) is 5.02 Å². The molecule has 86 valence electrons. The van der Waals surface area contributed by atoms with Gasteiger partial charge in [0.2, 0.25) is 0 Å². The zero-order valence-corrected chi connectivity index (χ0v) is 9.70. The number of halogens is 1. The molecular weight excluding hydrogens is 228 g/mol. The third-order valence-electron chi connectivity index (χ3n) is 2.60. The molecule has 1 aliphatic heterocycles. The van der Waals surface area contributed by atoms with E-state index in [1.165, 1.54) is 0 Å². The molecule has 5 heteroatoms. The van der Waals surface area contributed by atoms with Gasteiger partial charge in [-0.05, 0) is 25.1 Å². The van der Waals surface area contributed by atoms with Crippen LogP contribution in [0.25, 0.3) is 0 Å². The normalized spacial score (nSPS) is 24.7. The van der Waals surface area contributed by atoms with Crippen molar-refractivity contribution in [3.05, 3.63) is 29.3 Å². The molecule has 1 fully saturated rings. The first kappa shape index (κ1) is 11.2. The van der Waals surface area contributed by atoms with Gasteiger partial charge >= 0.3 is 6.09 Å². The second-order valence-electron chi connectivity index (χ2n) is 4.09. The lowest BCUT2D eigenvalue weighted by atomic mass is 10.1. The highest BCUT2D eigenvalue weighted by molar-refractivity contribution is 6.30. The molecule has 16 heavy (non-hydrogen) atoms. The van der Waals surface area contributed by atoms with Gasteiger partial charge in [0, 0.05) is 17.3 Å². The predicted octanol–water partition coefficient (Wildman–Crippen LogP) is 2.01. The largest absolute Gasteiger partial charge is 0.440 e. The van der Waals surface area contributed by atoms with Crippen LogP contribution in [0.4, 0.5) is 10.5 Å². The van der Waals surface area contributed by atoms with E-state index in [0.29, 0.717) is 18.1 Å². The number of carbonyl (C=O) groups is 1. The smallest absolute Gasteiger partial charge is 0.415 e. The molecule has 1 amide bonds. The minimum absolute atomic E-state index is 0.301. The van der Waals surface area contributed by atoms with Crippen LogP contribution in [-0.2, 0) is 4.74 Å². The summed E-state index contributed by atoms with van der Waals surface area (Å²) in [7, 11) is 0. The van der Waals surface area contributed by atoms with Crippen LogP contribution >= 0.6 is 11.6 Å². The second-order valence-corrected chi connectivity index (χ2v) is 4.52. The zero-order valence-electron chi connectivity index (χ0n) is 8.94. The standard InChI is InChI=1S/C11H13ClN2O2/c1-11(6-13)7-14(10(15)16-11)9-4-2-3-8(12)5-9/h2-5H,6-7,13H2,1H3. The summed E-state index contributed by atoms with van der Waals surface area (Å²) in [5, 5.41) is 0.589. The van der Waals surface area contributed by atoms with Gasteiger partial charge in [0.05, 0.1) is 6.54 Å². The SMILES string of the molecule is CC1(CN)CN(c2cccc(Cl)c2)C(=O)O1. The molecule has 1 atom stereocenters. The average Bonchev–Trinajstić information content (AvgIpc) is 2.55. The maximum absolute atomic E-state index is 11.7. The van der Waals surface area contributed by atoms with Crippen LogP contribution in [0.5, 0.6) is 0 Å². The lowest BCUT2D eigenvalue weighted by Crippen LogP contribution is -2.38. The van der Waals surface area contributed by atoms with Crippen molar-refractivity contribution < 1.29 is 9.53 Å². The molecule has 2 rings (SSSR count). The van der Waals surface area contributed by atoms with E-state index in [1.807, 2.05) is 13.0 Å². The van der Waals surface area contributed by atoms with Crippen molar-refractivity contribution in [3.8, 4) is 0 Å². The number of cyclic esters (lactones) is 1. The molecule has 1 aromatic rings. The van der Waals surface area contributed by atoms with Crippen LogP contribution in [0, 0.1) is 0 Å². The summed E-state index contributed by atoms with van der Waals surface area (Å²) in [6.45, 7) is 2.56. The molecule has 0 saturated carbocycles. The molecule has 0 aliphatic carbocycles. The molecule has 0 aromatic heterocycles. The Hall–Kier alpha value is -1.26. The van der Waals surface area contributed by atoms with Gasteiger partial charge in [0.1, 0.15) is 5.60 Å². The number of benzene rings is 1. The van der Waals surface area contributed by atoms with E-state index in [-0.39, 0.29) is 6.09 Å². The lowest BCUT2D eigenvalue weighted by molar-refractivity contribution is 0.0789. The molecular formula is C11H13ClN2O2. The fourth-order valence-electron chi connectivity index (χ4n) is 1.64. The van der Waals surface area contributed by atoms with E-state index in [2.05, 4.69) is 0 Å². The maximum Gasteiger partial charge on any atom is 0.415 e. The molecule has 1 saturated heterocycles. The molecule has 0 radical (unpaired) electrons. The number of rotatable bonds is 2. The van der Waals surface area contributed by atoms with E-state index in [9.17, 15) is 4.79 Å². The summed E-state index contributed by atoms with van der Waals surface area (Å²) in [6, 6.07) is 7.10. The van der Waals surface area contributed by atoms with Crippen molar-refractivity contribution in [1.82, 2.24) is 0 Å². The Labute approximate surface area is 98.9 Å². The summed E-state index contributed by atoms with van der Waals surface area (Å²) >= 11 is 5.87. The summed E-state index contributed by atoms with van der Waals surface area (Å²) in [6.07, 6.45) is -0.379. The lowest BCUT2D eigenvalue weighted by Gasteiger charge is -2.19. The molecule has 0 bridgehead atoms. The van der Waals surface area contributed by atoms with Gasteiger partial charge in [0.15, 0.2) is 0 Å². The fraction of sp³-hybridized carbons (Fsp3) is 0.364. The molecule has 2 N–H and O–H groups in total. The van der Waals surface area contributed by atoms with Crippen molar-refractivity contribution >= 4 is 23.4 Å². The predicted molar refractivity (Wildman–Crippen MR) is 62.7 cm³/mol. The van der Waals surface area contributed by atoms with Gasteiger partial charge in [0.25, 0.3) is 0 Å². The highest BCUT2D eigenvalue weighted by Crippen LogP contribution is 2.28. The van der Waals surface area contributed by atoms with E-state index < -0.39 is 5.60 Å². The molecule has 1 heterocycles. The van der Waals surface area contributed by atoms with Gasteiger partial charge < -0.3 is 10.5 Å². The third kappa shape index (κ3) is 1.99. The highest BCUT2D eigenvalue weighted by atomic mass is 35.5. The van der Waals surface area contributed by atoms with Crippen molar-refractivity contribution in [3.63, 3.8) is 0 Å². The van der Waals surface area contributed by atoms with E-state index in [0.717, 1.165) is 5.69 Å². The van der Waals surface area contributed by atoms with Crippen LogP contribution in [0.15, 0.2) is 24.3 Å². The number of carbonyl (C=O) groups excluding carboxylic acids is 1. The van der Waals surface area contributed by atoms with Crippen LogP contribution in [0.1, 0.15) is 6.92 Å². The molecule has 1 unspecified atom stereocenters. The number of hydrogen-bond acceptors (Lipinski definition) is 3. The minimum atomic E-state index is -0.612. The topological polar surface area (TPSA) is 55.6 Å². The average molecular weight is 241 g/mol. The van der Waals surface area contributed by atoms with Gasteiger partial charge in [-0.3, -0.25) is 4.90 Å². The third-order valence-corrected chi connectivity index (χ3v) is 2.83. The number of amides is 1. The van der Waals surface area contributed by atoms with Crippen LogP contribution in [-0.4, -0.2) is 24.8 Å². The highest BCUT2D eigenvalue weighted by Gasteiger charge is 2.41. The summed E-state index contributed by atoms with van der Waals surface area (Å²) < 4.78 is 5.22. The number of anilines is 1. The van der Waals surface area contributed by atoms with Crippen molar-refractivity contribution in [1.29, 1.82) is 0 Å². The van der Waals surface area contributed by atoms with Crippen molar-refractivity contribution in [2.75, 3.05) is 18.0 Å². The quantitative estimate of drug-likeness (QED) is 0.861. The maximum atomic E-state index is 11.7. The van der Waals surface area contributed by atoms with E-state index in [4.69, 9.17) is 22.1 Å².